The largest absolute Gasteiger partial charge is 0.493 e. The van der Waals surface area contributed by atoms with E-state index in [4.69, 9.17) is 18.9 Å². The van der Waals surface area contributed by atoms with Crippen molar-refractivity contribution in [1.82, 2.24) is 0 Å². The van der Waals surface area contributed by atoms with Crippen LogP contribution in [0.1, 0.15) is 35.3 Å². The van der Waals surface area contributed by atoms with Crippen molar-refractivity contribution in [3.63, 3.8) is 0 Å². The highest BCUT2D eigenvalue weighted by Crippen LogP contribution is 2.36. The molecule has 0 bridgehead atoms. The molecule has 2 heterocycles. The number of ether oxygens (including phenoxy) is 4. The fourth-order valence-corrected chi connectivity index (χ4v) is 3.18. The van der Waals surface area contributed by atoms with Crippen LogP contribution in [0.4, 0.5) is 0 Å². The molecule has 1 atom stereocenters. The van der Waals surface area contributed by atoms with Crippen molar-refractivity contribution in [3.8, 4) is 23.0 Å². The van der Waals surface area contributed by atoms with E-state index in [1.54, 1.807) is 30.4 Å². The van der Waals surface area contributed by atoms with E-state index in [1.165, 1.54) is 0 Å². The second-order valence-corrected chi connectivity index (χ2v) is 6.33. The van der Waals surface area contributed by atoms with Crippen molar-refractivity contribution in [1.29, 1.82) is 0 Å². The molecule has 2 aromatic carbocycles. The lowest BCUT2D eigenvalue weighted by molar-refractivity contribution is 0.104. The summed E-state index contributed by atoms with van der Waals surface area (Å²) in [6.45, 7) is 4.73. The third-order valence-electron chi connectivity index (χ3n) is 4.40. The van der Waals surface area contributed by atoms with Gasteiger partial charge in [-0.3, -0.25) is 4.79 Å². The Labute approximate surface area is 152 Å². The lowest BCUT2D eigenvalue weighted by Gasteiger charge is -2.10. The van der Waals surface area contributed by atoms with Crippen LogP contribution in [-0.2, 0) is 6.42 Å². The van der Waals surface area contributed by atoms with Gasteiger partial charge in [-0.2, -0.15) is 0 Å². The molecule has 2 aromatic rings. The minimum atomic E-state index is -0.111. The summed E-state index contributed by atoms with van der Waals surface area (Å²) in [7, 11) is 0. The van der Waals surface area contributed by atoms with Crippen molar-refractivity contribution in [2.75, 3.05) is 13.4 Å². The van der Waals surface area contributed by atoms with E-state index in [2.05, 4.69) is 0 Å². The molecule has 134 valence electrons. The number of carbonyl (C=O) groups excluding carboxylic acids is 1. The minimum Gasteiger partial charge on any atom is -0.493 e. The molecular weight excluding hydrogens is 332 g/mol. The highest BCUT2D eigenvalue weighted by atomic mass is 16.7. The van der Waals surface area contributed by atoms with Gasteiger partial charge in [-0.25, -0.2) is 0 Å². The fourth-order valence-electron chi connectivity index (χ4n) is 3.18. The van der Waals surface area contributed by atoms with E-state index in [9.17, 15) is 4.79 Å². The maximum absolute atomic E-state index is 12.5. The molecule has 0 unspecified atom stereocenters. The maximum Gasteiger partial charge on any atom is 0.231 e. The molecule has 2 aliphatic rings. The Morgan fingerprint density at radius 3 is 2.88 bits per heavy atom. The zero-order valence-electron chi connectivity index (χ0n) is 14.8. The average molecular weight is 352 g/mol. The summed E-state index contributed by atoms with van der Waals surface area (Å²) in [6.07, 6.45) is 4.34. The van der Waals surface area contributed by atoms with Crippen LogP contribution in [0, 0.1) is 0 Å². The molecule has 0 fully saturated rings. The van der Waals surface area contributed by atoms with Gasteiger partial charge in [-0.1, -0.05) is 0 Å². The Balaban J connectivity index is 1.60. The molecule has 0 aromatic heterocycles. The van der Waals surface area contributed by atoms with Gasteiger partial charge in [0.1, 0.15) is 17.6 Å². The topological polar surface area (TPSA) is 54.0 Å². The SMILES string of the molecule is CCOc1cc2c(cc1/C=C/C(=O)c1ccc3c(c1)OCO3)O[C@@H](C)C2. The van der Waals surface area contributed by atoms with Gasteiger partial charge in [-0.15, -0.1) is 0 Å². The predicted octanol–water partition coefficient (Wildman–Crippen LogP) is 4.03. The first-order valence-corrected chi connectivity index (χ1v) is 8.72. The Hall–Kier alpha value is -2.95. The monoisotopic (exact) mass is 352 g/mol. The quantitative estimate of drug-likeness (QED) is 0.601. The summed E-state index contributed by atoms with van der Waals surface area (Å²) in [5.74, 6) is 2.77. The van der Waals surface area contributed by atoms with Crippen LogP contribution in [0.15, 0.2) is 36.4 Å². The first-order chi connectivity index (χ1) is 12.6. The Kier molecular flexibility index (Phi) is 4.29. The van der Waals surface area contributed by atoms with E-state index in [0.29, 0.717) is 23.7 Å². The van der Waals surface area contributed by atoms with Crippen molar-refractivity contribution in [3.05, 3.63) is 53.1 Å². The summed E-state index contributed by atoms with van der Waals surface area (Å²) < 4.78 is 22.2. The molecule has 0 saturated heterocycles. The number of allylic oxidation sites excluding steroid dienone is 1. The van der Waals surface area contributed by atoms with Crippen molar-refractivity contribution >= 4 is 11.9 Å². The molecule has 0 radical (unpaired) electrons. The number of fused-ring (bicyclic) bond motifs is 2. The van der Waals surface area contributed by atoms with Crippen LogP contribution in [0.5, 0.6) is 23.0 Å². The van der Waals surface area contributed by atoms with Crippen LogP contribution >= 0.6 is 0 Å². The predicted molar refractivity (Wildman–Crippen MR) is 97.3 cm³/mol. The van der Waals surface area contributed by atoms with Crippen molar-refractivity contribution < 1.29 is 23.7 Å². The lowest BCUT2D eigenvalue weighted by Crippen LogP contribution is -2.05. The third-order valence-corrected chi connectivity index (χ3v) is 4.40. The minimum absolute atomic E-state index is 0.111. The van der Waals surface area contributed by atoms with Crippen LogP contribution < -0.4 is 18.9 Å². The van der Waals surface area contributed by atoms with Crippen LogP contribution in [-0.4, -0.2) is 25.3 Å². The highest BCUT2D eigenvalue weighted by molar-refractivity contribution is 6.07. The lowest BCUT2D eigenvalue weighted by atomic mass is 10.0. The number of rotatable bonds is 5. The standard InChI is InChI=1S/C21H20O5/c1-3-23-19-11-16-8-13(2)26-20(16)10-15(19)4-6-17(22)14-5-7-18-21(9-14)25-12-24-18/h4-7,9-11,13H,3,8,12H2,1-2H3/b6-4+/t13-/m0/s1. The summed E-state index contributed by atoms with van der Waals surface area (Å²) in [4.78, 5) is 12.5. The van der Waals surface area contributed by atoms with Gasteiger partial charge in [0.05, 0.1) is 6.61 Å². The van der Waals surface area contributed by atoms with Gasteiger partial charge in [0, 0.05) is 23.1 Å². The van der Waals surface area contributed by atoms with Gasteiger partial charge >= 0.3 is 0 Å². The summed E-state index contributed by atoms with van der Waals surface area (Å²) >= 11 is 0. The normalized spacial score (nSPS) is 17.2. The number of carbonyl (C=O) groups is 1. The van der Waals surface area contributed by atoms with E-state index < -0.39 is 0 Å². The van der Waals surface area contributed by atoms with Crippen LogP contribution in [0.25, 0.3) is 6.08 Å². The molecule has 4 rings (SSSR count). The van der Waals surface area contributed by atoms with Gasteiger partial charge in [-0.05, 0) is 56.3 Å². The molecule has 0 saturated carbocycles. The number of ketones is 1. The maximum atomic E-state index is 12.5. The second kappa shape index (κ2) is 6.75. The molecule has 5 nitrogen and oxygen atoms in total. The molecule has 26 heavy (non-hydrogen) atoms. The average Bonchev–Trinajstić information content (AvgIpc) is 3.23. The number of hydrogen-bond acceptors (Lipinski definition) is 5. The zero-order valence-corrected chi connectivity index (χ0v) is 14.8. The second-order valence-electron chi connectivity index (χ2n) is 6.33. The van der Waals surface area contributed by atoms with Gasteiger partial charge in [0.15, 0.2) is 17.3 Å². The summed E-state index contributed by atoms with van der Waals surface area (Å²) in [6, 6.07) is 9.13. The van der Waals surface area contributed by atoms with Gasteiger partial charge in [0.25, 0.3) is 0 Å². The van der Waals surface area contributed by atoms with Gasteiger partial charge < -0.3 is 18.9 Å². The van der Waals surface area contributed by atoms with Gasteiger partial charge in [0.2, 0.25) is 6.79 Å². The van der Waals surface area contributed by atoms with E-state index in [-0.39, 0.29) is 18.7 Å². The van der Waals surface area contributed by atoms with E-state index in [1.807, 2.05) is 26.0 Å². The van der Waals surface area contributed by atoms with Crippen molar-refractivity contribution in [2.45, 2.75) is 26.4 Å². The zero-order chi connectivity index (χ0) is 18.1. The van der Waals surface area contributed by atoms with Crippen molar-refractivity contribution in [2.24, 2.45) is 0 Å². The third kappa shape index (κ3) is 3.12. The summed E-state index contributed by atoms with van der Waals surface area (Å²) in [5.41, 5.74) is 2.52. The Morgan fingerprint density at radius 1 is 1.19 bits per heavy atom. The van der Waals surface area contributed by atoms with E-state index in [0.717, 1.165) is 29.0 Å². The molecule has 0 spiro atoms. The summed E-state index contributed by atoms with van der Waals surface area (Å²) in [5, 5.41) is 0. The molecule has 0 aliphatic carbocycles. The number of benzene rings is 2. The fraction of sp³-hybridized carbons (Fsp3) is 0.286. The smallest absolute Gasteiger partial charge is 0.231 e. The Bertz CT molecular complexity index is 884. The molecule has 2 aliphatic heterocycles. The van der Waals surface area contributed by atoms with Crippen LogP contribution in [0.3, 0.4) is 0 Å². The first kappa shape index (κ1) is 16.5. The van der Waals surface area contributed by atoms with Crippen LogP contribution in [0.2, 0.25) is 0 Å². The molecule has 0 N–H and O–H groups in total. The first-order valence-electron chi connectivity index (χ1n) is 8.72. The molecule has 5 heteroatoms. The van der Waals surface area contributed by atoms with E-state index >= 15 is 0 Å². The number of hydrogen-bond donors (Lipinski definition) is 0. The highest BCUT2D eigenvalue weighted by Gasteiger charge is 2.21. The molecular formula is C21H20O5. The Morgan fingerprint density at radius 2 is 2.04 bits per heavy atom. The molecule has 0 amide bonds.